The molecule has 11 heteroatoms. The van der Waals surface area contributed by atoms with E-state index in [-0.39, 0.29) is 47.7 Å². The Morgan fingerprint density at radius 1 is 1.16 bits per heavy atom. The molecule has 3 aliphatic heterocycles. The number of amides is 2. The fourth-order valence-corrected chi connectivity index (χ4v) is 6.52. The van der Waals surface area contributed by atoms with Crippen molar-refractivity contribution in [1.82, 2.24) is 14.9 Å². The first-order chi connectivity index (χ1) is 20.7. The first-order valence-electron chi connectivity index (χ1n) is 14.8. The van der Waals surface area contributed by atoms with Crippen LogP contribution in [0.5, 0.6) is 11.5 Å². The Bertz CT molecular complexity index is 1530. The molecular formula is C32H37FN6O4. The Morgan fingerprint density at radius 3 is 2.81 bits per heavy atom. The summed E-state index contributed by atoms with van der Waals surface area (Å²) < 4.78 is 20.7. The number of halogens is 1. The van der Waals surface area contributed by atoms with Crippen LogP contribution in [0, 0.1) is 17.2 Å². The van der Waals surface area contributed by atoms with Gasteiger partial charge in [0.2, 0.25) is 11.8 Å². The van der Waals surface area contributed by atoms with Crippen LogP contribution in [0.15, 0.2) is 48.9 Å². The number of carbonyl (C=O) groups excluding carboxylic acids is 2. The molecular weight excluding hydrogens is 551 g/mol. The average Bonchev–Trinajstić information content (AvgIpc) is 3.70. The fourth-order valence-electron chi connectivity index (χ4n) is 6.52. The van der Waals surface area contributed by atoms with Crippen molar-refractivity contribution in [2.75, 3.05) is 54.4 Å². The Balaban J connectivity index is 1.17. The number of nitrogens with one attached hydrogen (secondary N) is 1. The number of benzene rings is 2. The normalized spacial score (nSPS) is 19.7. The van der Waals surface area contributed by atoms with E-state index >= 15 is 0 Å². The Labute approximate surface area is 250 Å². The van der Waals surface area contributed by atoms with E-state index in [0.717, 1.165) is 56.8 Å². The number of carbonyl (C=O) groups is 2. The topological polar surface area (TPSA) is 111 Å². The summed E-state index contributed by atoms with van der Waals surface area (Å²) >= 11 is 0. The van der Waals surface area contributed by atoms with Crippen molar-refractivity contribution in [3.05, 3.63) is 65.9 Å². The Kier molecular flexibility index (Phi) is 8.02. The molecule has 43 heavy (non-hydrogen) atoms. The van der Waals surface area contributed by atoms with Gasteiger partial charge in [-0.2, -0.15) is 0 Å². The number of aromatic nitrogens is 2. The molecule has 2 amide bonds. The van der Waals surface area contributed by atoms with Crippen LogP contribution < -0.4 is 19.9 Å². The predicted molar refractivity (Wildman–Crippen MR) is 161 cm³/mol. The van der Waals surface area contributed by atoms with Gasteiger partial charge in [-0.25, -0.2) is 14.4 Å². The highest BCUT2D eigenvalue weighted by atomic mass is 19.1. The number of fused-ring (bicyclic) bond motifs is 1. The molecule has 2 fully saturated rings. The predicted octanol–water partition coefficient (Wildman–Crippen LogP) is 3.99. The van der Waals surface area contributed by atoms with Crippen LogP contribution in [-0.2, 0) is 22.6 Å². The third-order valence-electron chi connectivity index (χ3n) is 8.63. The van der Waals surface area contributed by atoms with Gasteiger partial charge in [0.25, 0.3) is 0 Å². The lowest BCUT2D eigenvalue weighted by molar-refractivity contribution is -0.121. The van der Waals surface area contributed by atoms with E-state index in [1.807, 2.05) is 0 Å². The molecule has 2 saturated heterocycles. The highest BCUT2D eigenvalue weighted by Gasteiger charge is 2.44. The molecule has 3 aromatic rings. The molecule has 10 nitrogen and oxygen atoms in total. The maximum Gasteiger partial charge on any atom is 0.229 e. The molecule has 0 saturated carbocycles. The van der Waals surface area contributed by atoms with Crippen LogP contribution in [-0.4, -0.2) is 71.1 Å². The molecule has 4 heterocycles. The summed E-state index contributed by atoms with van der Waals surface area (Å²) in [5.41, 5.74) is 3.55. The quantitative estimate of drug-likeness (QED) is 0.386. The molecule has 3 aliphatic rings. The van der Waals surface area contributed by atoms with E-state index in [1.165, 1.54) is 35.0 Å². The molecule has 226 valence electrons. The van der Waals surface area contributed by atoms with Gasteiger partial charge in [-0.1, -0.05) is 26.0 Å². The van der Waals surface area contributed by atoms with E-state index in [2.05, 4.69) is 43.3 Å². The summed E-state index contributed by atoms with van der Waals surface area (Å²) in [5.74, 6) is 0.296. The lowest BCUT2D eigenvalue weighted by atomic mass is 9.86. The number of rotatable bonds is 9. The lowest BCUT2D eigenvalue weighted by Crippen LogP contribution is -2.36. The SMILES string of the molecule is CC(C)C(=O)N(CCO)c1cc(F)ccc1Oc1cncnc1N1CCC2(CCN(Cc3ccc4c(c3)NC(=O)C4)C2)C1. The van der Waals surface area contributed by atoms with Gasteiger partial charge in [0.1, 0.15) is 12.1 Å². The minimum absolute atomic E-state index is 0.0141. The summed E-state index contributed by atoms with van der Waals surface area (Å²) in [5, 5.41) is 12.6. The van der Waals surface area contributed by atoms with Crippen LogP contribution in [0.4, 0.5) is 21.6 Å². The van der Waals surface area contributed by atoms with Crippen LogP contribution in [0.3, 0.4) is 0 Å². The van der Waals surface area contributed by atoms with E-state index in [9.17, 15) is 19.1 Å². The minimum atomic E-state index is -0.511. The van der Waals surface area contributed by atoms with Crippen LogP contribution in [0.1, 0.15) is 37.8 Å². The Morgan fingerprint density at radius 2 is 2.00 bits per heavy atom. The largest absolute Gasteiger partial charge is 0.450 e. The van der Waals surface area contributed by atoms with Gasteiger partial charge in [0, 0.05) is 55.8 Å². The van der Waals surface area contributed by atoms with Crippen molar-refractivity contribution < 1.29 is 23.8 Å². The zero-order valence-electron chi connectivity index (χ0n) is 24.6. The van der Waals surface area contributed by atoms with Gasteiger partial charge >= 0.3 is 0 Å². The van der Waals surface area contributed by atoms with Gasteiger partial charge in [-0.15, -0.1) is 0 Å². The maximum atomic E-state index is 14.4. The highest BCUT2D eigenvalue weighted by molar-refractivity contribution is 5.99. The summed E-state index contributed by atoms with van der Waals surface area (Å²) in [7, 11) is 0. The summed E-state index contributed by atoms with van der Waals surface area (Å²) in [6, 6.07) is 10.3. The first-order valence-corrected chi connectivity index (χ1v) is 14.8. The van der Waals surface area contributed by atoms with Gasteiger partial charge in [0.15, 0.2) is 17.3 Å². The van der Waals surface area contributed by atoms with Crippen molar-refractivity contribution >= 4 is 29.0 Å². The van der Waals surface area contributed by atoms with E-state index in [0.29, 0.717) is 18.0 Å². The fraction of sp³-hybridized carbons (Fsp3) is 0.438. The van der Waals surface area contributed by atoms with Gasteiger partial charge in [0.05, 0.1) is 24.9 Å². The number of nitrogens with zero attached hydrogens (tertiary/aromatic N) is 5. The second kappa shape index (κ2) is 11.9. The second-order valence-corrected chi connectivity index (χ2v) is 12.1. The van der Waals surface area contributed by atoms with Gasteiger partial charge in [-0.05, 0) is 48.7 Å². The van der Waals surface area contributed by atoms with Crippen LogP contribution in [0.25, 0.3) is 0 Å². The number of hydrogen-bond acceptors (Lipinski definition) is 8. The maximum absolute atomic E-state index is 14.4. The number of hydrogen-bond donors (Lipinski definition) is 2. The summed E-state index contributed by atoms with van der Waals surface area (Å²) in [4.78, 5) is 39.5. The summed E-state index contributed by atoms with van der Waals surface area (Å²) in [6.45, 7) is 7.67. The lowest BCUT2D eigenvalue weighted by Gasteiger charge is -2.27. The van der Waals surface area contributed by atoms with E-state index < -0.39 is 5.82 Å². The Hall–Kier alpha value is -4.09. The van der Waals surface area contributed by atoms with Crippen molar-refractivity contribution in [3.8, 4) is 11.5 Å². The standard InChI is InChI=1S/C32H37FN6O4/c1-21(2)31(42)39(11-12-40)26-15-24(33)5-6-27(26)43-28-16-34-20-35-30(28)38-10-8-32(19-38)7-9-37(18-32)17-22-3-4-23-14-29(41)36-25(23)13-22/h3-6,13,15-16,20-21,40H,7-12,14,17-19H2,1-2H3,(H,36,41). The molecule has 1 unspecified atom stereocenters. The molecule has 2 aromatic carbocycles. The van der Waals surface area contributed by atoms with Crippen molar-refractivity contribution in [1.29, 1.82) is 0 Å². The van der Waals surface area contributed by atoms with Crippen molar-refractivity contribution in [2.45, 2.75) is 39.7 Å². The molecule has 0 aliphatic carbocycles. The molecule has 1 atom stereocenters. The molecule has 6 rings (SSSR count). The van der Waals surface area contributed by atoms with Crippen molar-refractivity contribution in [2.24, 2.45) is 11.3 Å². The molecule has 2 N–H and O–H groups in total. The zero-order chi connectivity index (χ0) is 30.1. The smallest absolute Gasteiger partial charge is 0.229 e. The average molecular weight is 589 g/mol. The van der Waals surface area contributed by atoms with Crippen molar-refractivity contribution in [3.63, 3.8) is 0 Å². The molecule has 1 aromatic heterocycles. The van der Waals surface area contributed by atoms with E-state index in [4.69, 9.17) is 4.74 Å². The molecule has 0 bridgehead atoms. The van der Waals surface area contributed by atoms with Gasteiger partial charge < -0.3 is 25.0 Å². The highest BCUT2D eigenvalue weighted by Crippen LogP contribution is 2.44. The minimum Gasteiger partial charge on any atom is -0.450 e. The monoisotopic (exact) mass is 588 g/mol. The van der Waals surface area contributed by atoms with Crippen LogP contribution in [0.2, 0.25) is 0 Å². The van der Waals surface area contributed by atoms with E-state index in [1.54, 1.807) is 20.0 Å². The summed E-state index contributed by atoms with van der Waals surface area (Å²) in [6.07, 6.45) is 5.62. The number of likely N-dealkylation sites (tertiary alicyclic amines) is 1. The number of anilines is 3. The number of aliphatic hydroxyl groups is 1. The molecule has 1 spiro atoms. The van der Waals surface area contributed by atoms with Gasteiger partial charge in [-0.3, -0.25) is 14.5 Å². The first kappa shape index (κ1) is 29.0. The molecule has 0 radical (unpaired) electrons. The zero-order valence-corrected chi connectivity index (χ0v) is 24.6. The third kappa shape index (κ3) is 6.05. The second-order valence-electron chi connectivity index (χ2n) is 12.1. The third-order valence-corrected chi connectivity index (χ3v) is 8.63. The van der Waals surface area contributed by atoms with Crippen LogP contribution >= 0.6 is 0 Å². The number of ether oxygens (including phenoxy) is 1. The number of aliphatic hydroxyl groups excluding tert-OH is 1.